The third-order valence-electron chi connectivity index (χ3n) is 12.8. The Morgan fingerprint density at radius 2 is 1.30 bits per heavy atom. The van der Waals surface area contributed by atoms with E-state index in [0.717, 1.165) is 22.3 Å². The van der Waals surface area contributed by atoms with E-state index < -0.39 is 35.0 Å². The fourth-order valence-electron chi connectivity index (χ4n) is 10.4. The molecular weight excluding hydrogens is 709 g/mol. The molecule has 7 nitrogen and oxygen atoms in total. The lowest BCUT2D eigenvalue weighted by Crippen LogP contribution is -2.58. The highest BCUT2D eigenvalue weighted by Crippen LogP contribution is 2.64. The van der Waals surface area contributed by atoms with Crippen LogP contribution in [0.1, 0.15) is 35.4 Å². The fraction of sp³-hybridized carbons (Fsp3) is 0.160. The number of rotatable bonds is 6. The van der Waals surface area contributed by atoms with E-state index in [9.17, 15) is 14.7 Å². The van der Waals surface area contributed by atoms with Crippen LogP contribution in [0.4, 0.5) is 17.1 Å². The van der Waals surface area contributed by atoms with Gasteiger partial charge < -0.3 is 10.4 Å². The molecule has 57 heavy (non-hydrogen) atoms. The van der Waals surface area contributed by atoms with Crippen LogP contribution >= 0.6 is 0 Å². The van der Waals surface area contributed by atoms with Crippen LogP contribution in [-0.2, 0) is 24.6 Å². The zero-order valence-electron chi connectivity index (χ0n) is 30.9. The van der Waals surface area contributed by atoms with Crippen LogP contribution in [0.3, 0.4) is 0 Å². The van der Waals surface area contributed by atoms with Gasteiger partial charge in [-0.2, -0.15) is 0 Å². The second-order valence-electron chi connectivity index (χ2n) is 15.6. The van der Waals surface area contributed by atoms with E-state index in [1.807, 2.05) is 146 Å². The standard InChI is InChI=1S/C50H38N2O5/c53-43-29-40(30-12-4-1-5-13-30)47(55)42-28-41-37(45(50(42,43)32-15-6-2-7-16-32)39-25-20-31-14-10-11-19-36(31)46(39)54)26-27-38-44(41)49(57)52(48(38)56)35-23-21-34(22-24-35)51-33-17-8-3-9-18-33/h1-26,29,38,41-42,44-45,51,54H,27-28H2. The summed E-state index contributed by atoms with van der Waals surface area (Å²) >= 11 is 0. The van der Waals surface area contributed by atoms with Gasteiger partial charge in [-0.15, -0.1) is 0 Å². The molecule has 1 saturated carbocycles. The number of aromatic hydroxyl groups is 1. The predicted octanol–water partition coefficient (Wildman–Crippen LogP) is 9.32. The number of anilines is 3. The summed E-state index contributed by atoms with van der Waals surface area (Å²) < 4.78 is 0. The number of nitrogens with zero attached hydrogens (tertiary/aromatic N) is 1. The molecule has 3 aliphatic carbocycles. The van der Waals surface area contributed by atoms with Gasteiger partial charge in [0.1, 0.15) is 5.75 Å². The average Bonchev–Trinajstić information content (AvgIpc) is 3.51. The van der Waals surface area contributed by atoms with Gasteiger partial charge in [0, 0.05) is 39.7 Å². The number of benzene rings is 6. The first-order chi connectivity index (χ1) is 27.9. The van der Waals surface area contributed by atoms with Gasteiger partial charge in [0.15, 0.2) is 11.6 Å². The summed E-state index contributed by atoms with van der Waals surface area (Å²) in [5.41, 5.74) is 3.77. The minimum absolute atomic E-state index is 0.0357. The zero-order valence-corrected chi connectivity index (χ0v) is 30.9. The Morgan fingerprint density at radius 3 is 2.04 bits per heavy atom. The van der Waals surface area contributed by atoms with Gasteiger partial charge in [0.05, 0.1) is 22.9 Å². The number of Topliss-reactive ketones (excluding diaryl/α,β-unsaturated/α-hetero) is 1. The van der Waals surface area contributed by atoms with Crippen molar-refractivity contribution in [3.05, 3.63) is 186 Å². The van der Waals surface area contributed by atoms with Crippen molar-refractivity contribution >= 4 is 56.8 Å². The average molecular weight is 747 g/mol. The number of amides is 2. The van der Waals surface area contributed by atoms with Crippen molar-refractivity contribution in [2.75, 3.05) is 10.2 Å². The number of fused-ring (bicyclic) bond motifs is 5. The second-order valence-corrected chi connectivity index (χ2v) is 15.6. The Morgan fingerprint density at radius 1 is 0.649 bits per heavy atom. The summed E-state index contributed by atoms with van der Waals surface area (Å²) in [5.74, 6) is -4.61. The topological polar surface area (TPSA) is 104 Å². The van der Waals surface area contributed by atoms with Crippen molar-refractivity contribution in [2.45, 2.75) is 24.2 Å². The Bertz CT molecular complexity index is 2670. The van der Waals surface area contributed by atoms with Crippen LogP contribution in [0.5, 0.6) is 5.75 Å². The molecule has 0 radical (unpaired) electrons. The highest BCUT2D eigenvalue weighted by Gasteiger charge is 2.66. The van der Waals surface area contributed by atoms with Crippen LogP contribution in [0.2, 0.25) is 0 Å². The Labute approximate surface area is 330 Å². The number of phenols is 1. The van der Waals surface area contributed by atoms with Crippen molar-refractivity contribution < 1.29 is 24.3 Å². The molecule has 4 aliphatic rings. The van der Waals surface area contributed by atoms with Crippen molar-refractivity contribution in [1.82, 2.24) is 0 Å². The number of allylic oxidation sites excluding steroid dienone is 4. The first-order valence-electron chi connectivity index (χ1n) is 19.5. The quantitative estimate of drug-likeness (QED) is 0.130. The SMILES string of the molecule is O=C1C(c2ccccc2)=CC(=O)C2(c3ccccc3)C1CC1C(=CCC3C(=O)N(c4ccc(Nc5ccccc5)cc4)C(=O)C31)C2c1ccc2ccccc2c1O. The molecule has 10 rings (SSSR count). The van der Waals surface area contributed by atoms with Gasteiger partial charge in [-0.3, -0.25) is 24.1 Å². The van der Waals surface area contributed by atoms with Gasteiger partial charge >= 0.3 is 0 Å². The number of para-hydroxylation sites is 1. The number of carbonyl (C=O) groups excluding carboxylic acids is 4. The fourth-order valence-corrected chi connectivity index (χ4v) is 10.4. The van der Waals surface area contributed by atoms with Crippen molar-refractivity contribution in [3.8, 4) is 5.75 Å². The van der Waals surface area contributed by atoms with E-state index in [4.69, 9.17) is 0 Å². The zero-order chi connectivity index (χ0) is 38.8. The summed E-state index contributed by atoms with van der Waals surface area (Å²) in [6.07, 6.45) is 4.01. The van der Waals surface area contributed by atoms with Crippen LogP contribution in [0, 0.1) is 23.7 Å². The van der Waals surface area contributed by atoms with Crippen LogP contribution in [-0.4, -0.2) is 28.5 Å². The van der Waals surface area contributed by atoms with Crippen LogP contribution < -0.4 is 10.2 Å². The number of ketones is 2. The molecule has 2 amide bonds. The molecule has 2 fully saturated rings. The maximum Gasteiger partial charge on any atom is 0.238 e. The van der Waals surface area contributed by atoms with E-state index in [2.05, 4.69) is 5.32 Å². The van der Waals surface area contributed by atoms with E-state index in [1.54, 1.807) is 12.1 Å². The highest BCUT2D eigenvalue weighted by molar-refractivity contribution is 6.32. The van der Waals surface area contributed by atoms with E-state index in [0.29, 0.717) is 39.8 Å². The van der Waals surface area contributed by atoms with E-state index in [-0.39, 0.29) is 35.6 Å². The molecule has 1 heterocycles. The van der Waals surface area contributed by atoms with Gasteiger partial charge in [-0.05, 0) is 77.7 Å². The summed E-state index contributed by atoms with van der Waals surface area (Å²) in [4.78, 5) is 61.1. The summed E-state index contributed by atoms with van der Waals surface area (Å²) in [5, 5.41) is 17.1. The normalized spacial score (nSPS) is 25.3. The Kier molecular flexibility index (Phi) is 8.15. The predicted molar refractivity (Wildman–Crippen MR) is 221 cm³/mol. The van der Waals surface area contributed by atoms with Gasteiger partial charge in [-0.25, -0.2) is 0 Å². The summed E-state index contributed by atoms with van der Waals surface area (Å²) in [7, 11) is 0. The first kappa shape index (κ1) is 34.6. The molecule has 6 unspecified atom stereocenters. The van der Waals surface area contributed by atoms with E-state index in [1.165, 1.54) is 11.0 Å². The minimum Gasteiger partial charge on any atom is -0.507 e. The molecule has 6 atom stereocenters. The molecule has 2 N–H and O–H groups in total. The molecule has 6 aromatic rings. The van der Waals surface area contributed by atoms with Crippen LogP contribution in [0.15, 0.2) is 169 Å². The molecule has 0 bridgehead atoms. The number of nitrogens with one attached hydrogen (secondary N) is 1. The number of hydrogen-bond donors (Lipinski definition) is 2. The molecule has 7 heteroatoms. The molecule has 0 aromatic heterocycles. The summed E-state index contributed by atoms with van der Waals surface area (Å²) in [6.45, 7) is 0. The lowest BCUT2D eigenvalue weighted by molar-refractivity contribution is -0.135. The summed E-state index contributed by atoms with van der Waals surface area (Å²) in [6, 6.07) is 47.0. The monoisotopic (exact) mass is 746 g/mol. The largest absolute Gasteiger partial charge is 0.507 e. The van der Waals surface area contributed by atoms with Crippen molar-refractivity contribution in [3.63, 3.8) is 0 Å². The van der Waals surface area contributed by atoms with Gasteiger partial charge in [0.25, 0.3) is 0 Å². The molecule has 278 valence electrons. The molecule has 0 spiro atoms. The number of carbonyl (C=O) groups is 4. The minimum atomic E-state index is -1.43. The molecule has 1 aliphatic heterocycles. The maximum absolute atomic E-state index is 15.4. The first-order valence-corrected chi connectivity index (χ1v) is 19.5. The van der Waals surface area contributed by atoms with Crippen LogP contribution in [0.25, 0.3) is 16.3 Å². The Balaban J connectivity index is 1.13. The van der Waals surface area contributed by atoms with E-state index >= 15 is 9.59 Å². The third kappa shape index (κ3) is 5.26. The molecular formula is C50H38N2O5. The molecule has 6 aromatic carbocycles. The number of imide groups is 1. The van der Waals surface area contributed by atoms with Gasteiger partial charge in [0.2, 0.25) is 11.8 Å². The highest BCUT2D eigenvalue weighted by atomic mass is 16.3. The van der Waals surface area contributed by atoms with Crippen molar-refractivity contribution in [1.29, 1.82) is 0 Å². The Hall–Kier alpha value is -6.86. The lowest BCUT2D eigenvalue weighted by Gasteiger charge is -2.55. The smallest absolute Gasteiger partial charge is 0.238 e. The maximum atomic E-state index is 15.4. The lowest BCUT2D eigenvalue weighted by atomic mass is 9.44. The number of hydrogen-bond acceptors (Lipinski definition) is 6. The van der Waals surface area contributed by atoms with Crippen molar-refractivity contribution in [2.24, 2.45) is 23.7 Å². The third-order valence-corrected chi connectivity index (χ3v) is 12.8. The molecule has 1 saturated heterocycles. The second kappa shape index (κ2) is 13.4. The number of phenolic OH excluding ortho intramolecular Hbond substituents is 1. The van der Waals surface area contributed by atoms with Gasteiger partial charge in [-0.1, -0.05) is 127 Å².